The van der Waals surface area contributed by atoms with Crippen molar-refractivity contribution in [3.8, 4) is 0 Å². The number of carbonyl (C=O) groups excluding carboxylic acids is 1. The third kappa shape index (κ3) is 3.51. The van der Waals surface area contributed by atoms with Gasteiger partial charge in [-0.2, -0.15) is 0 Å². The van der Waals surface area contributed by atoms with Crippen LogP contribution in [-0.4, -0.2) is 20.0 Å². The lowest BCUT2D eigenvalue weighted by Gasteiger charge is -2.13. The van der Waals surface area contributed by atoms with Crippen LogP contribution >= 0.6 is 12.6 Å². The number of hydrogen-bond acceptors (Lipinski definition) is 3. The molecule has 1 amide bonds. The zero-order valence-corrected chi connectivity index (χ0v) is 11.8. The second kappa shape index (κ2) is 5.80. The van der Waals surface area contributed by atoms with E-state index < -0.39 is 0 Å². The second-order valence-corrected chi connectivity index (χ2v) is 4.96. The summed E-state index contributed by atoms with van der Waals surface area (Å²) in [6.45, 7) is 0. The normalized spacial score (nSPS) is 10.1. The summed E-state index contributed by atoms with van der Waals surface area (Å²) in [6, 6.07) is 14.8. The average Bonchev–Trinajstić information content (AvgIpc) is 2.40. The van der Waals surface area contributed by atoms with E-state index in [1.54, 1.807) is 24.3 Å². The van der Waals surface area contributed by atoms with Gasteiger partial charge < -0.3 is 10.2 Å². The molecule has 0 bridgehead atoms. The Morgan fingerprint density at radius 3 is 2.11 bits per heavy atom. The molecule has 3 nitrogen and oxygen atoms in total. The van der Waals surface area contributed by atoms with E-state index >= 15 is 0 Å². The predicted molar refractivity (Wildman–Crippen MR) is 82.4 cm³/mol. The van der Waals surface area contributed by atoms with Crippen LogP contribution in [0.15, 0.2) is 53.4 Å². The van der Waals surface area contributed by atoms with Crippen molar-refractivity contribution in [2.75, 3.05) is 24.3 Å². The van der Waals surface area contributed by atoms with Crippen molar-refractivity contribution < 1.29 is 4.79 Å². The standard InChI is InChI=1S/C15H16N2OS/c1-17(2)13-7-5-12(6-8-13)16-15(18)11-3-9-14(19)10-4-11/h3-10,19H,1-2H3,(H,16,18). The lowest BCUT2D eigenvalue weighted by atomic mass is 10.2. The Hall–Kier alpha value is -1.94. The highest BCUT2D eigenvalue weighted by Crippen LogP contribution is 2.16. The third-order valence-electron chi connectivity index (χ3n) is 2.77. The van der Waals surface area contributed by atoms with Crippen LogP contribution in [0, 0.1) is 0 Å². The average molecular weight is 272 g/mol. The molecule has 0 heterocycles. The summed E-state index contributed by atoms with van der Waals surface area (Å²) in [7, 11) is 3.96. The van der Waals surface area contributed by atoms with Crippen LogP contribution in [0.2, 0.25) is 0 Å². The summed E-state index contributed by atoms with van der Waals surface area (Å²) < 4.78 is 0. The minimum Gasteiger partial charge on any atom is -0.378 e. The Morgan fingerprint density at radius 1 is 1.00 bits per heavy atom. The number of nitrogens with one attached hydrogen (secondary N) is 1. The van der Waals surface area contributed by atoms with E-state index in [2.05, 4.69) is 17.9 Å². The number of thiol groups is 1. The largest absolute Gasteiger partial charge is 0.378 e. The van der Waals surface area contributed by atoms with E-state index in [4.69, 9.17) is 0 Å². The van der Waals surface area contributed by atoms with Gasteiger partial charge in [0.05, 0.1) is 0 Å². The monoisotopic (exact) mass is 272 g/mol. The van der Waals surface area contributed by atoms with Crippen molar-refractivity contribution in [3.63, 3.8) is 0 Å². The van der Waals surface area contributed by atoms with E-state index in [1.807, 2.05) is 43.3 Å². The first kappa shape index (κ1) is 13.5. The molecule has 98 valence electrons. The summed E-state index contributed by atoms with van der Waals surface area (Å²) in [5.74, 6) is -0.120. The van der Waals surface area contributed by atoms with Gasteiger partial charge in [-0.15, -0.1) is 12.6 Å². The van der Waals surface area contributed by atoms with E-state index in [9.17, 15) is 4.79 Å². The number of amides is 1. The number of hydrogen-bond donors (Lipinski definition) is 2. The number of benzene rings is 2. The predicted octanol–water partition coefficient (Wildman–Crippen LogP) is 3.29. The fourth-order valence-electron chi connectivity index (χ4n) is 1.66. The Labute approximate surface area is 118 Å². The fraction of sp³-hybridized carbons (Fsp3) is 0.133. The molecule has 2 rings (SSSR count). The molecule has 0 aliphatic carbocycles. The zero-order chi connectivity index (χ0) is 13.8. The van der Waals surface area contributed by atoms with Gasteiger partial charge in [0.2, 0.25) is 0 Å². The van der Waals surface area contributed by atoms with Gasteiger partial charge in [-0.3, -0.25) is 4.79 Å². The van der Waals surface area contributed by atoms with Crippen molar-refractivity contribution in [2.24, 2.45) is 0 Å². The summed E-state index contributed by atoms with van der Waals surface area (Å²) in [6.07, 6.45) is 0. The zero-order valence-electron chi connectivity index (χ0n) is 10.9. The van der Waals surface area contributed by atoms with Gasteiger partial charge in [0.15, 0.2) is 0 Å². The molecule has 0 aromatic heterocycles. The quantitative estimate of drug-likeness (QED) is 0.840. The van der Waals surface area contributed by atoms with Gasteiger partial charge in [0.25, 0.3) is 5.91 Å². The highest BCUT2D eigenvalue weighted by atomic mass is 32.1. The molecular weight excluding hydrogens is 256 g/mol. The highest BCUT2D eigenvalue weighted by molar-refractivity contribution is 7.80. The number of rotatable bonds is 3. The number of carbonyl (C=O) groups is 1. The van der Waals surface area contributed by atoms with Crippen LogP contribution in [-0.2, 0) is 0 Å². The first-order valence-corrected chi connectivity index (χ1v) is 6.39. The van der Waals surface area contributed by atoms with Crippen LogP contribution in [0.25, 0.3) is 0 Å². The van der Waals surface area contributed by atoms with Gasteiger partial charge in [-0.25, -0.2) is 0 Å². The molecule has 0 saturated heterocycles. The van der Waals surface area contributed by atoms with Crippen molar-refractivity contribution in [2.45, 2.75) is 4.90 Å². The molecule has 0 atom stereocenters. The van der Waals surface area contributed by atoms with Gasteiger partial charge in [-0.1, -0.05) is 0 Å². The Balaban J connectivity index is 2.08. The second-order valence-electron chi connectivity index (χ2n) is 4.44. The summed E-state index contributed by atoms with van der Waals surface area (Å²) in [4.78, 5) is 14.8. The minimum atomic E-state index is -0.120. The topological polar surface area (TPSA) is 32.3 Å². The maximum atomic E-state index is 12.0. The van der Waals surface area contributed by atoms with E-state index in [1.165, 1.54) is 0 Å². The molecule has 2 aromatic carbocycles. The Morgan fingerprint density at radius 2 is 1.58 bits per heavy atom. The Bertz CT molecular complexity index is 562. The van der Waals surface area contributed by atoms with Gasteiger partial charge >= 0.3 is 0 Å². The first-order chi connectivity index (χ1) is 9.06. The van der Waals surface area contributed by atoms with Crippen molar-refractivity contribution in [1.82, 2.24) is 0 Å². The molecule has 0 aliphatic heterocycles. The molecule has 0 aliphatic rings. The first-order valence-electron chi connectivity index (χ1n) is 5.94. The highest BCUT2D eigenvalue weighted by Gasteiger charge is 2.05. The molecular formula is C15H16N2OS. The maximum absolute atomic E-state index is 12.0. The van der Waals surface area contributed by atoms with Gasteiger partial charge in [0, 0.05) is 35.9 Å². The van der Waals surface area contributed by atoms with Gasteiger partial charge in [0.1, 0.15) is 0 Å². The van der Waals surface area contributed by atoms with Crippen molar-refractivity contribution >= 4 is 29.9 Å². The number of anilines is 2. The number of nitrogens with zero attached hydrogens (tertiary/aromatic N) is 1. The Kier molecular flexibility index (Phi) is 4.12. The molecule has 4 heteroatoms. The van der Waals surface area contributed by atoms with Gasteiger partial charge in [-0.05, 0) is 48.5 Å². The third-order valence-corrected chi connectivity index (χ3v) is 3.07. The van der Waals surface area contributed by atoms with Crippen LogP contribution < -0.4 is 10.2 Å². The molecule has 0 fully saturated rings. The summed E-state index contributed by atoms with van der Waals surface area (Å²) in [5.41, 5.74) is 2.50. The molecule has 0 saturated carbocycles. The van der Waals surface area contributed by atoms with Crippen molar-refractivity contribution in [1.29, 1.82) is 0 Å². The fourth-order valence-corrected chi connectivity index (χ4v) is 1.81. The molecule has 0 radical (unpaired) electrons. The van der Waals surface area contributed by atoms with E-state index in [0.717, 1.165) is 16.3 Å². The minimum absolute atomic E-state index is 0.120. The van der Waals surface area contributed by atoms with Crippen LogP contribution in [0.5, 0.6) is 0 Å². The molecule has 0 unspecified atom stereocenters. The molecule has 0 spiro atoms. The van der Waals surface area contributed by atoms with E-state index in [0.29, 0.717) is 5.56 Å². The molecule has 2 aromatic rings. The summed E-state index contributed by atoms with van der Waals surface area (Å²) in [5, 5.41) is 2.86. The summed E-state index contributed by atoms with van der Waals surface area (Å²) >= 11 is 4.19. The lowest BCUT2D eigenvalue weighted by Crippen LogP contribution is -2.12. The smallest absolute Gasteiger partial charge is 0.255 e. The SMILES string of the molecule is CN(C)c1ccc(NC(=O)c2ccc(S)cc2)cc1. The van der Waals surface area contributed by atoms with E-state index in [-0.39, 0.29) is 5.91 Å². The molecule has 1 N–H and O–H groups in total. The van der Waals surface area contributed by atoms with Crippen molar-refractivity contribution in [3.05, 3.63) is 54.1 Å². The van der Waals surface area contributed by atoms with Crippen LogP contribution in [0.3, 0.4) is 0 Å². The molecule has 19 heavy (non-hydrogen) atoms. The van der Waals surface area contributed by atoms with Crippen LogP contribution in [0.4, 0.5) is 11.4 Å². The lowest BCUT2D eigenvalue weighted by molar-refractivity contribution is 0.102. The van der Waals surface area contributed by atoms with Crippen LogP contribution in [0.1, 0.15) is 10.4 Å². The maximum Gasteiger partial charge on any atom is 0.255 e.